The number of aromatic amines is 1. The number of likely N-dealkylation sites (tertiary alicyclic amines) is 1. The number of rotatable bonds is 5. The van der Waals surface area contributed by atoms with Gasteiger partial charge in [0, 0.05) is 46.7 Å². The number of carbonyl (C=O) groups excluding carboxylic acids is 1. The minimum absolute atomic E-state index is 0.0947. The molecule has 1 saturated heterocycles. The van der Waals surface area contributed by atoms with Crippen LogP contribution in [-0.4, -0.2) is 33.9 Å². The maximum absolute atomic E-state index is 13.0. The Morgan fingerprint density at radius 3 is 2.21 bits per heavy atom. The lowest BCUT2D eigenvalue weighted by molar-refractivity contribution is 0.0711. The molecule has 4 aromatic carbocycles. The standard InChI is InChI=1S/C26H25ClN4O.C6H6S/c27-21-9-5-18(6-10-21)17-28-22-11-7-20(8-12-22)26(32)31-15-13-19(14-16-31)25-29-23-3-1-2-4-24(23)30-25;7-6-4-2-1-3-5-6/h1-12,19,28H,13-17H2,(H,29,30);1-5,7H. The van der Waals surface area contributed by atoms with Crippen molar-refractivity contribution >= 4 is 46.9 Å². The Kier molecular flexibility index (Phi) is 8.86. The summed E-state index contributed by atoms with van der Waals surface area (Å²) >= 11 is 10.0. The molecule has 0 unspecified atom stereocenters. The molecular weight excluding hydrogens is 524 g/mol. The van der Waals surface area contributed by atoms with Crippen molar-refractivity contribution in [2.24, 2.45) is 0 Å². The van der Waals surface area contributed by atoms with E-state index in [0.29, 0.717) is 12.5 Å². The Morgan fingerprint density at radius 2 is 1.56 bits per heavy atom. The maximum Gasteiger partial charge on any atom is 0.253 e. The van der Waals surface area contributed by atoms with Gasteiger partial charge in [-0.3, -0.25) is 4.79 Å². The molecule has 6 rings (SSSR count). The van der Waals surface area contributed by atoms with Gasteiger partial charge in [-0.05, 0) is 79.1 Å². The molecule has 1 amide bonds. The molecule has 2 N–H and O–H groups in total. The summed E-state index contributed by atoms with van der Waals surface area (Å²) in [5.74, 6) is 1.50. The van der Waals surface area contributed by atoms with Crippen molar-refractivity contribution in [1.82, 2.24) is 14.9 Å². The molecule has 5 nitrogen and oxygen atoms in total. The predicted molar refractivity (Wildman–Crippen MR) is 163 cm³/mol. The predicted octanol–water partition coefficient (Wildman–Crippen LogP) is 7.82. The van der Waals surface area contributed by atoms with E-state index in [1.54, 1.807) is 0 Å². The lowest BCUT2D eigenvalue weighted by atomic mass is 9.95. The van der Waals surface area contributed by atoms with Crippen LogP contribution in [0.4, 0.5) is 5.69 Å². The van der Waals surface area contributed by atoms with Gasteiger partial charge in [0.05, 0.1) is 11.0 Å². The van der Waals surface area contributed by atoms with Crippen molar-refractivity contribution in [3.63, 3.8) is 0 Å². The molecule has 1 aliphatic rings. The van der Waals surface area contributed by atoms with E-state index in [1.807, 2.05) is 102 Å². The maximum atomic E-state index is 13.0. The van der Waals surface area contributed by atoms with E-state index in [9.17, 15) is 4.79 Å². The summed E-state index contributed by atoms with van der Waals surface area (Å²) in [7, 11) is 0. The topological polar surface area (TPSA) is 61.0 Å². The van der Waals surface area contributed by atoms with Crippen molar-refractivity contribution < 1.29 is 4.79 Å². The van der Waals surface area contributed by atoms with E-state index >= 15 is 0 Å². The lowest BCUT2D eigenvalue weighted by Crippen LogP contribution is -2.38. The zero-order chi connectivity index (χ0) is 27.0. The van der Waals surface area contributed by atoms with Gasteiger partial charge in [-0.2, -0.15) is 0 Å². The Morgan fingerprint density at radius 1 is 0.897 bits per heavy atom. The number of hydrogen-bond acceptors (Lipinski definition) is 4. The van der Waals surface area contributed by atoms with E-state index < -0.39 is 0 Å². The highest BCUT2D eigenvalue weighted by atomic mass is 35.5. The van der Waals surface area contributed by atoms with Gasteiger partial charge in [-0.25, -0.2) is 4.98 Å². The van der Waals surface area contributed by atoms with Crippen LogP contribution in [0.15, 0.2) is 108 Å². The summed E-state index contributed by atoms with van der Waals surface area (Å²) in [5, 5.41) is 4.12. The van der Waals surface area contributed by atoms with Crippen LogP contribution in [0.25, 0.3) is 11.0 Å². The summed E-state index contributed by atoms with van der Waals surface area (Å²) in [6.45, 7) is 2.20. The van der Waals surface area contributed by atoms with E-state index in [-0.39, 0.29) is 5.91 Å². The number of thiol groups is 1. The second-order valence-electron chi connectivity index (χ2n) is 9.60. The van der Waals surface area contributed by atoms with E-state index in [1.165, 1.54) is 0 Å². The molecule has 1 fully saturated rings. The second kappa shape index (κ2) is 12.9. The summed E-state index contributed by atoms with van der Waals surface area (Å²) in [6.07, 6.45) is 1.85. The third-order valence-corrected chi connectivity index (χ3v) is 7.42. The number of benzene rings is 4. The fourth-order valence-electron chi connectivity index (χ4n) is 4.67. The van der Waals surface area contributed by atoms with Gasteiger partial charge in [-0.15, -0.1) is 12.6 Å². The Balaban J connectivity index is 0.000000384. The fourth-order valence-corrected chi connectivity index (χ4v) is 4.97. The zero-order valence-electron chi connectivity index (χ0n) is 21.6. The highest BCUT2D eigenvalue weighted by Gasteiger charge is 2.26. The van der Waals surface area contributed by atoms with Gasteiger partial charge >= 0.3 is 0 Å². The first-order chi connectivity index (χ1) is 19.0. The monoisotopic (exact) mass is 554 g/mol. The van der Waals surface area contributed by atoms with Crippen molar-refractivity contribution in [3.8, 4) is 0 Å². The smallest absolute Gasteiger partial charge is 0.253 e. The molecule has 0 aliphatic carbocycles. The minimum atomic E-state index is 0.0947. The molecular formula is C32H31ClN4OS. The molecule has 7 heteroatoms. The number of imidazole rings is 1. The average molecular weight is 555 g/mol. The first-order valence-corrected chi connectivity index (χ1v) is 13.9. The quantitative estimate of drug-likeness (QED) is 0.194. The Labute approximate surface area is 239 Å². The first-order valence-electron chi connectivity index (χ1n) is 13.1. The van der Waals surface area contributed by atoms with Crippen LogP contribution in [-0.2, 0) is 6.54 Å². The molecule has 0 bridgehead atoms. The molecule has 1 aliphatic heterocycles. The lowest BCUT2D eigenvalue weighted by Gasteiger charge is -2.31. The fraction of sp³-hybridized carbons (Fsp3) is 0.188. The van der Waals surface area contributed by atoms with E-state index in [0.717, 1.165) is 69.5 Å². The van der Waals surface area contributed by atoms with Crippen LogP contribution in [0.2, 0.25) is 5.02 Å². The van der Waals surface area contributed by atoms with Gasteiger partial charge in [0.1, 0.15) is 5.82 Å². The van der Waals surface area contributed by atoms with Gasteiger partial charge in [0.15, 0.2) is 0 Å². The number of amides is 1. The number of aromatic nitrogens is 2. The van der Waals surface area contributed by atoms with E-state index in [4.69, 9.17) is 16.6 Å². The highest BCUT2D eigenvalue weighted by molar-refractivity contribution is 7.80. The number of piperidine rings is 1. The first kappa shape index (κ1) is 26.9. The summed E-state index contributed by atoms with van der Waals surface area (Å²) in [4.78, 5) is 24.1. The highest BCUT2D eigenvalue weighted by Crippen LogP contribution is 2.28. The molecule has 198 valence electrons. The summed E-state index contributed by atoms with van der Waals surface area (Å²) in [5.41, 5.74) is 4.95. The van der Waals surface area contributed by atoms with Crippen LogP contribution in [0.3, 0.4) is 0 Å². The van der Waals surface area contributed by atoms with Crippen LogP contribution < -0.4 is 5.32 Å². The molecule has 0 saturated carbocycles. The van der Waals surface area contributed by atoms with E-state index in [2.05, 4.69) is 29.0 Å². The van der Waals surface area contributed by atoms with Crippen LogP contribution >= 0.6 is 24.2 Å². The normalized spacial score (nSPS) is 13.5. The molecule has 5 aromatic rings. The molecule has 39 heavy (non-hydrogen) atoms. The van der Waals surface area contributed by atoms with Gasteiger partial charge in [0.2, 0.25) is 0 Å². The van der Waals surface area contributed by atoms with Crippen LogP contribution in [0, 0.1) is 0 Å². The van der Waals surface area contributed by atoms with Crippen molar-refractivity contribution in [1.29, 1.82) is 0 Å². The van der Waals surface area contributed by atoms with Crippen molar-refractivity contribution in [2.75, 3.05) is 18.4 Å². The average Bonchev–Trinajstić information content (AvgIpc) is 3.42. The number of fused-ring (bicyclic) bond motifs is 1. The number of halogens is 1. The van der Waals surface area contributed by atoms with Crippen molar-refractivity contribution in [3.05, 3.63) is 125 Å². The van der Waals surface area contributed by atoms with Crippen LogP contribution in [0.1, 0.15) is 40.5 Å². The number of hydrogen-bond donors (Lipinski definition) is 3. The zero-order valence-corrected chi connectivity index (χ0v) is 23.2. The van der Waals surface area contributed by atoms with Crippen molar-refractivity contribution in [2.45, 2.75) is 30.2 Å². The number of anilines is 1. The molecule has 1 aromatic heterocycles. The Hall–Kier alpha value is -3.74. The number of para-hydroxylation sites is 2. The van der Waals surface area contributed by atoms with Crippen LogP contribution in [0.5, 0.6) is 0 Å². The third-order valence-electron chi connectivity index (χ3n) is 6.87. The number of H-pyrrole nitrogens is 1. The number of nitrogens with zero attached hydrogens (tertiary/aromatic N) is 2. The molecule has 0 atom stereocenters. The number of nitrogens with one attached hydrogen (secondary N) is 2. The molecule has 0 radical (unpaired) electrons. The SMILES string of the molecule is O=C(c1ccc(NCc2ccc(Cl)cc2)cc1)N1CCC(c2nc3ccccc3[nH]2)CC1.Sc1ccccc1. The second-order valence-corrected chi connectivity index (χ2v) is 10.6. The van der Waals surface area contributed by atoms with Gasteiger partial charge in [-0.1, -0.05) is 54.1 Å². The summed E-state index contributed by atoms with van der Waals surface area (Å²) in [6, 6.07) is 33.4. The third kappa shape index (κ3) is 7.22. The number of carbonyl (C=O) groups is 1. The minimum Gasteiger partial charge on any atom is -0.381 e. The largest absolute Gasteiger partial charge is 0.381 e. The summed E-state index contributed by atoms with van der Waals surface area (Å²) < 4.78 is 0. The van der Waals surface area contributed by atoms with Gasteiger partial charge < -0.3 is 15.2 Å². The molecule has 2 heterocycles. The molecule has 0 spiro atoms. The Bertz CT molecular complexity index is 1460. The van der Waals surface area contributed by atoms with Gasteiger partial charge in [0.25, 0.3) is 5.91 Å².